The molecule has 0 aromatic carbocycles. The second-order valence-corrected chi connectivity index (χ2v) is 7.25. The van der Waals surface area contributed by atoms with Gasteiger partial charge >= 0.3 is 0 Å². The van der Waals surface area contributed by atoms with E-state index in [1.165, 1.54) is 16.2 Å². The number of thiophene rings is 1. The molecule has 1 fully saturated rings. The highest BCUT2D eigenvalue weighted by atomic mass is 32.1. The molecule has 2 rings (SSSR count). The summed E-state index contributed by atoms with van der Waals surface area (Å²) in [6, 6.07) is 4.58. The lowest BCUT2D eigenvalue weighted by Gasteiger charge is -2.39. The van der Waals surface area contributed by atoms with Crippen molar-refractivity contribution in [2.75, 3.05) is 13.1 Å². The molecule has 2 atom stereocenters. The summed E-state index contributed by atoms with van der Waals surface area (Å²) in [5.74, 6) is 0.831. The van der Waals surface area contributed by atoms with Gasteiger partial charge in [-0.3, -0.25) is 4.79 Å². The van der Waals surface area contributed by atoms with Crippen LogP contribution in [-0.4, -0.2) is 29.9 Å². The van der Waals surface area contributed by atoms with Crippen LogP contribution in [0.25, 0.3) is 0 Å². The van der Waals surface area contributed by atoms with E-state index >= 15 is 0 Å². The average Bonchev–Trinajstić information content (AvgIpc) is 2.84. The zero-order valence-electron chi connectivity index (χ0n) is 12.6. The fraction of sp³-hybridized carbons (Fsp3) is 0.688. The summed E-state index contributed by atoms with van der Waals surface area (Å²) in [5.41, 5.74) is 5.85. The van der Waals surface area contributed by atoms with Crippen LogP contribution in [0, 0.1) is 12.8 Å². The minimum Gasteiger partial charge on any atom is -0.338 e. The molecule has 2 unspecified atom stereocenters. The topological polar surface area (TPSA) is 46.3 Å². The van der Waals surface area contributed by atoms with Gasteiger partial charge in [0.25, 0.3) is 0 Å². The van der Waals surface area contributed by atoms with Crippen LogP contribution in [-0.2, 0) is 11.2 Å². The first-order valence-electron chi connectivity index (χ1n) is 7.66. The van der Waals surface area contributed by atoms with Crippen molar-refractivity contribution in [3.05, 3.63) is 21.9 Å². The smallest absolute Gasteiger partial charge is 0.222 e. The Bertz CT molecular complexity index is 443. The summed E-state index contributed by atoms with van der Waals surface area (Å²) < 4.78 is 0. The van der Waals surface area contributed by atoms with Crippen molar-refractivity contribution in [1.82, 2.24) is 4.90 Å². The van der Waals surface area contributed by atoms with Crippen LogP contribution in [0.5, 0.6) is 0 Å². The maximum Gasteiger partial charge on any atom is 0.222 e. The Labute approximate surface area is 126 Å². The predicted octanol–water partition coefficient (Wildman–Crippen LogP) is 2.97. The summed E-state index contributed by atoms with van der Waals surface area (Å²) in [6.07, 6.45) is 4.93. The highest BCUT2D eigenvalue weighted by Crippen LogP contribution is 2.24. The van der Waals surface area contributed by atoms with E-state index in [-0.39, 0.29) is 6.04 Å². The first-order valence-corrected chi connectivity index (χ1v) is 8.48. The number of carbonyl (C=O) groups is 1. The lowest BCUT2D eigenvalue weighted by Crippen LogP contribution is -2.51. The molecule has 1 aliphatic rings. The molecule has 1 aliphatic heterocycles. The van der Waals surface area contributed by atoms with E-state index in [4.69, 9.17) is 5.73 Å². The number of nitrogens with two attached hydrogens (primary N) is 1. The lowest BCUT2D eigenvalue weighted by molar-refractivity contribution is -0.136. The van der Waals surface area contributed by atoms with Crippen molar-refractivity contribution in [3.8, 4) is 0 Å². The summed E-state index contributed by atoms with van der Waals surface area (Å²) in [6.45, 7) is 5.83. The Morgan fingerprint density at radius 1 is 1.50 bits per heavy atom. The fourth-order valence-electron chi connectivity index (χ4n) is 3.10. The van der Waals surface area contributed by atoms with Gasteiger partial charge in [-0.15, -0.1) is 11.3 Å². The van der Waals surface area contributed by atoms with Crippen LogP contribution in [0.15, 0.2) is 12.1 Å². The maximum atomic E-state index is 12.4. The van der Waals surface area contributed by atoms with Crippen molar-refractivity contribution in [2.45, 2.75) is 52.0 Å². The van der Waals surface area contributed by atoms with Crippen LogP contribution in [0.4, 0.5) is 0 Å². The first-order chi connectivity index (χ1) is 9.61. The van der Waals surface area contributed by atoms with Crippen LogP contribution in [0.1, 0.15) is 42.4 Å². The van der Waals surface area contributed by atoms with Gasteiger partial charge in [0.05, 0.1) is 0 Å². The SMILES string of the molecule is Cc1ccc(CCCC(=O)N2CCCC(C)C2CN)s1. The molecule has 1 amide bonds. The largest absolute Gasteiger partial charge is 0.338 e. The predicted molar refractivity (Wildman–Crippen MR) is 84.9 cm³/mol. The Morgan fingerprint density at radius 3 is 2.95 bits per heavy atom. The van der Waals surface area contributed by atoms with Gasteiger partial charge in [0.2, 0.25) is 5.91 Å². The number of amides is 1. The molecule has 1 aromatic heterocycles. The highest BCUT2D eigenvalue weighted by molar-refractivity contribution is 7.11. The number of aryl methyl sites for hydroxylation is 2. The minimum atomic E-state index is 0.250. The van der Waals surface area contributed by atoms with Crippen molar-refractivity contribution < 1.29 is 4.79 Å². The van der Waals surface area contributed by atoms with Crippen molar-refractivity contribution in [1.29, 1.82) is 0 Å². The molecular weight excluding hydrogens is 268 g/mol. The Kier molecular flexibility index (Phi) is 5.61. The zero-order valence-corrected chi connectivity index (χ0v) is 13.4. The number of hydrogen-bond acceptors (Lipinski definition) is 3. The van der Waals surface area contributed by atoms with Crippen molar-refractivity contribution in [3.63, 3.8) is 0 Å². The first kappa shape index (κ1) is 15.5. The third-order valence-electron chi connectivity index (χ3n) is 4.29. The molecule has 0 aliphatic carbocycles. The van der Waals surface area contributed by atoms with Crippen LogP contribution >= 0.6 is 11.3 Å². The molecule has 0 radical (unpaired) electrons. The molecular formula is C16H26N2OS. The molecule has 1 aromatic rings. The molecule has 0 spiro atoms. The second kappa shape index (κ2) is 7.23. The Morgan fingerprint density at radius 2 is 2.30 bits per heavy atom. The van der Waals surface area contributed by atoms with E-state index in [2.05, 4.69) is 26.0 Å². The third kappa shape index (κ3) is 3.83. The van der Waals surface area contributed by atoms with E-state index < -0.39 is 0 Å². The molecule has 0 saturated carbocycles. The molecule has 112 valence electrons. The van der Waals surface area contributed by atoms with E-state index in [0.29, 0.717) is 24.8 Å². The number of nitrogens with zero attached hydrogens (tertiary/aromatic N) is 1. The number of hydrogen-bond donors (Lipinski definition) is 1. The van der Waals surface area contributed by atoms with Crippen LogP contribution < -0.4 is 5.73 Å². The fourth-order valence-corrected chi connectivity index (χ4v) is 4.03. The third-order valence-corrected chi connectivity index (χ3v) is 5.35. The molecule has 3 nitrogen and oxygen atoms in total. The highest BCUT2D eigenvalue weighted by Gasteiger charge is 2.30. The van der Waals surface area contributed by atoms with Crippen LogP contribution in [0.3, 0.4) is 0 Å². The molecule has 20 heavy (non-hydrogen) atoms. The van der Waals surface area contributed by atoms with E-state index in [1.54, 1.807) is 0 Å². The second-order valence-electron chi connectivity index (χ2n) is 5.88. The number of likely N-dealkylation sites (tertiary alicyclic amines) is 1. The van der Waals surface area contributed by atoms with Crippen molar-refractivity contribution >= 4 is 17.2 Å². The van der Waals surface area contributed by atoms with E-state index in [1.807, 2.05) is 16.2 Å². The molecule has 4 heteroatoms. The molecule has 2 heterocycles. The Balaban J connectivity index is 1.81. The zero-order chi connectivity index (χ0) is 14.5. The van der Waals surface area contributed by atoms with E-state index in [9.17, 15) is 4.79 Å². The number of carbonyl (C=O) groups excluding carboxylic acids is 1. The summed E-state index contributed by atoms with van der Waals surface area (Å²) in [4.78, 5) is 17.2. The Hall–Kier alpha value is -0.870. The van der Waals surface area contributed by atoms with Gasteiger partial charge in [0, 0.05) is 35.3 Å². The minimum absolute atomic E-state index is 0.250. The summed E-state index contributed by atoms with van der Waals surface area (Å²) in [5, 5.41) is 0. The molecule has 2 N–H and O–H groups in total. The van der Waals surface area contributed by atoms with E-state index in [0.717, 1.165) is 25.8 Å². The number of rotatable bonds is 5. The monoisotopic (exact) mass is 294 g/mol. The maximum absolute atomic E-state index is 12.4. The number of piperidine rings is 1. The molecule has 0 bridgehead atoms. The van der Waals surface area contributed by atoms with Gasteiger partial charge in [-0.2, -0.15) is 0 Å². The lowest BCUT2D eigenvalue weighted by atomic mass is 9.90. The average molecular weight is 294 g/mol. The van der Waals surface area contributed by atoms with Crippen molar-refractivity contribution in [2.24, 2.45) is 11.7 Å². The molecule has 1 saturated heterocycles. The summed E-state index contributed by atoms with van der Waals surface area (Å²) >= 11 is 1.84. The van der Waals surface area contributed by atoms with Gasteiger partial charge < -0.3 is 10.6 Å². The normalized spacial score (nSPS) is 23.1. The van der Waals surface area contributed by atoms with Gasteiger partial charge in [-0.05, 0) is 50.7 Å². The quantitative estimate of drug-likeness (QED) is 0.907. The summed E-state index contributed by atoms with van der Waals surface area (Å²) in [7, 11) is 0. The van der Waals surface area contributed by atoms with Gasteiger partial charge in [-0.25, -0.2) is 0 Å². The van der Waals surface area contributed by atoms with Gasteiger partial charge in [0.15, 0.2) is 0 Å². The van der Waals surface area contributed by atoms with Gasteiger partial charge in [-0.1, -0.05) is 6.92 Å². The standard InChI is InChI=1S/C16H26N2OS/c1-12-5-4-10-18(15(12)11-17)16(19)7-3-6-14-9-8-13(2)20-14/h8-9,12,15H,3-7,10-11,17H2,1-2H3. The van der Waals surface area contributed by atoms with Gasteiger partial charge in [0.1, 0.15) is 0 Å². The van der Waals surface area contributed by atoms with Crippen LogP contribution in [0.2, 0.25) is 0 Å².